The number of nitro benzene ring substituents is 1. The maximum atomic E-state index is 13.2. The average molecular weight is 566 g/mol. The maximum Gasteiger partial charge on any atom is 0.423 e. The molecule has 0 bridgehead atoms. The van der Waals surface area contributed by atoms with Crippen molar-refractivity contribution in [2.24, 2.45) is 0 Å². The van der Waals surface area contributed by atoms with Gasteiger partial charge >= 0.3 is 6.18 Å². The van der Waals surface area contributed by atoms with E-state index in [9.17, 15) is 28.1 Å². The van der Waals surface area contributed by atoms with Gasteiger partial charge in [-0.25, -0.2) is 4.98 Å². The molecule has 1 aromatic carbocycles. The first kappa shape index (κ1) is 28.4. The predicted octanol–water partition coefficient (Wildman–Crippen LogP) is 4.58. The molecule has 208 valence electrons. The van der Waals surface area contributed by atoms with Crippen molar-refractivity contribution in [1.82, 2.24) is 9.88 Å². The number of piperazine rings is 1. The van der Waals surface area contributed by atoms with E-state index in [1.54, 1.807) is 17.0 Å². The highest BCUT2D eigenvalue weighted by Crippen LogP contribution is 2.39. The molecule has 1 saturated carbocycles. The fraction of sp³-hybridized carbons (Fsp3) is 0.480. The topological polar surface area (TPSA) is 122 Å². The molecular formula is C25H26F3N5O5S. The van der Waals surface area contributed by atoms with Gasteiger partial charge in [0.25, 0.3) is 5.69 Å². The van der Waals surface area contributed by atoms with Crippen molar-refractivity contribution >= 4 is 29.5 Å². The number of nitrogens with zero attached hydrogens (tertiary/aromatic N) is 5. The van der Waals surface area contributed by atoms with Gasteiger partial charge in [-0.2, -0.15) is 18.4 Å². The summed E-state index contributed by atoms with van der Waals surface area (Å²) < 4.78 is 51.1. The molecule has 0 radical (unpaired) electrons. The summed E-state index contributed by atoms with van der Waals surface area (Å²) in [5.74, 6) is 0.859. The number of halogens is 3. The standard InChI is InChI=1S/C25H26F3N5O5S/c26-25(27,28)21-13-20(6-7-22(21)33(35)36)37-18-2-4-19(5-3-18)38-39-16-24(34)32-11-9-31(10-12-32)23-8-1-17(14-29)15-30-23/h1,6-8,13,15,18-19H,2-5,9-12,16H2. The predicted molar refractivity (Wildman–Crippen MR) is 136 cm³/mol. The molecule has 1 amide bonds. The van der Waals surface area contributed by atoms with E-state index in [2.05, 4.69) is 9.88 Å². The van der Waals surface area contributed by atoms with Crippen LogP contribution < -0.4 is 9.64 Å². The molecule has 10 nitrogen and oxygen atoms in total. The van der Waals surface area contributed by atoms with E-state index in [0.29, 0.717) is 63.5 Å². The zero-order valence-electron chi connectivity index (χ0n) is 20.8. The van der Waals surface area contributed by atoms with Gasteiger partial charge in [-0.05, 0) is 49.9 Å². The van der Waals surface area contributed by atoms with Gasteiger partial charge < -0.3 is 18.7 Å². The summed E-state index contributed by atoms with van der Waals surface area (Å²) in [4.78, 5) is 30.6. The van der Waals surface area contributed by atoms with Crippen molar-refractivity contribution in [3.8, 4) is 11.8 Å². The van der Waals surface area contributed by atoms with Crippen LogP contribution in [-0.4, -0.2) is 64.9 Å². The van der Waals surface area contributed by atoms with Gasteiger partial charge in [0.2, 0.25) is 5.91 Å². The van der Waals surface area contributed by atoms with Crippen LogP contribution in [-0.2, 0) is 15.2 Å². The molecule has 1 saturated heterocycles. The highest BCUT2D eigenvalue weighted by molar-refractivity contribution is 7.95. The van der Waals surface area contributed by atoms with Crippen LogP contribution in [0.1, 0.15) is 36.8 Å². The molecule has 0 unspecified atom stereocenters. The minimum absolute atomic E-state index is 0.0249. The number of alkyl halides is 3. The number of amides is 1. The van der Waals surface area contributed by atoms with Crippen molar-refractivity contribution < 1.29 is 31.8 Å². The van der Waals surface area contributed by atoms with Crippen molar-refractivity contribution in [2.45, 2.75) is 44.1 Å². The molecule has 4 rings (SSSR count). The first-order valence-electron chi connectivity index (χ1n) is 12.3. The number of nitro groups is 1. The molecule has 39 heavy (non-hydrogen) atoms. The van der Waals surface area contributed by atoms with Gasteiger partial charge in [0, 0.05) is 50.5 Å². The Morgan fingerprint density at radius 2 is 1.82 bits per heavy atom. The number of nitriles is 1. The lowest BCUT2D eigenvalue weighted by Crippen LogP contribution is -2.49. The second-order valence-corrected chi connectivity index (χ2v) is 9.91. The van der Waals surface area contributed by atoms with Crippen molar-refractivity contribution in [3.63, 3.8) is 0 Å². The Morgan fingerprint density at radius 1 is 1.13 bits per heavy atom. The Kier molecular flexibility index (Phi) is 9.13. The smallest absolute Gasteiger partial charge is 0.423 e. The van der Waals surface area contributed by atoms with Gasteiger partial charge in [0.15, 0.2) is 0 Å². The van der Waals surface area contributed by atoms with Gasteiger partial charge in [-0.3, -0.25) is 14.9 Å². The minimum atomic E-state index is -4.86. The number of carbonyl (C=O) groups is 1. The molecule has 1 aliphatic carbocycles. The lowest BCUT2D eigenvalue weighted by molar-refractivity contribution is -0.388. The molecule has 2 aliphatic rings. The first-order valence-corrected chi connectivity index (χ1v) is 13.2. The number of aromatic nitrogens is 1. The SMILES string of the molecule is N#Cc1ccc(N2CCN(C(=O)CSOC3CCC(Oc4ccc([N+](=O)[O-])c(C(F)(F)F)c4)CC3)CC2)nc1. The molecule has 0 spiro atoms. The van der Waals surface area contributed by atoms with E-state index in [4.69, 9.17) is 14.2 Å². The molecule has 1 aliphatic heterocycles. The Balaban J connectivity index is 1.16. The summed E-state index contributed by atoms with van der Waals surface area (Å²) in [6, 6.07) is 8.21. The zero-order chi connectivity index (χ0) is 28.0. The molecule has 2 heterocycles. The van der Waals surface area contributed by atoms with E-state index < -0.39 is 22.4 Å². The number of ether oxygens (including phenoxy) is 1. The molecular weight excluding hydrogens is 539 g/mol. The van der Waals surface area contributed by atoms with Gasteiger partial charge in [0.05, 0.1) is 28.4 Å². The van der Waals surface area contributed by atoms with Crippen LogP contribution in [0.5, 0.6) is 5.75 Å². The second kappa shape index (κ2) is 12.5. The summed E-state index contributed by atoms with van der Waals surface area (Å²) >= 11 is 1.10. The zero-order valence-corrected chi connectivity index (χ0v) is 21.6. The van der Waals surface area contributed by atoms with E-state index in [1.165, 1.54) is 12.3 Å². The quantitative estimate of drug-likeness (QED) is 0.257. The summed E-state index contributed by atoms with van der Waals surface area (Å²) in [6.45, 7) is 2.39. The number of pyridine rings is 1. The Hall–Kier alpha value is -3.57. The number of hydrogen-bond donors (Lipinski definition) is 0. The lowest BCUT2D eigenvalue weighted by atomic mass is 9.95. The normalized spacial score (nSPS) is 19.8. The minimum Gasteiger partial charge on any atom is -0.490 e. The fourth-order valence-corrected chi connectivity index (χ4v) is 5.25. The molecule has 2 aromatic rings. The number of hydrogen-bond acceptors (Lipinski definition) is 9. The van der Waals surface area contributed by atoms with Crippen molar-refractivity contribution in [2.75, 3.05) is 36.8 Å². The highest BCUT2D eigenvalue weighted by atomic mass is 32.2. The highest BCUT2D eigenvalue weighted by Gasteiger charge is 2.39. The van der Waals surface area contributed by atoms with Crippen LogP contribution in [0.2, 0.25) is 0 Å². The number of rotatable bonds is 8. The molecule has 2 fully saturated rings. The summed E-state index contributed by atoms with van der Waals surface area (Å²) in [5.41, 5.74) is -1.85. The van der Waals surface area contributed by atoms with Crippen molar-refractivity contribution in [3.05, 3.63) is 57.8 Å². The lowest BCUT2D eigenvalue weighted by Gasteiger charge is -2.35. The average Bonchev–Trinajstić information content (AvgIpc) is 2.93. The van der Waals surface area contributed by atoms with Crippen LogP contribution in [0, 0.1) is 21.4 Å². The van der Waals surface area contributed by atoms with E-state index in [-0.39, 0.29) is 29.6 Å². The van der Waals surface area contributed by atoms with E-state index >= 15 is 0 Å². The van der Waals surface area contributed by atoms with Crippen LogP contribution in [0.4, 0.5) is 24.7 Å². The Bertz CT molecular complexity index is 1210. The third kappa shape index (κ3) is 7.51. The summed E-state index contributed by atoms with van der Waals surface area (Å²) in [6.07, 6.45) is -1.46. The third-order valence-corrected chi connectivity index (χ3v) is 7.39. The summed E-state index contributed by atoms with van der Waals surface area (Å²) in [5, 5.41) is 19.8. The monoisotopic (exact) mass is 565 g/mol. The maximum absolute atomic E-state index is 13.2. The third-order valence-electron chi connectivity index (χ3n) is 6.61. The Labute approximate surface area is 227 Å². The first-order chi connectivity index (χ1) is 18.6. The second-order valence-electron chi connectivity index (χ2n) is 9.19. The van der Waals surface area contributed by atoms with Crippen molar-refractivity contribution in [1.29, 1.82) is 5.26 Å². The van der Waals surface area contributed by atoms with Crippen LogP contribution >= 0.6 is 12.0 Å². The number of carbonyl (C=O) groups excluding carboxylic acids is 1. The van der Waals surface area contributed by atoms with Gasteiger partial charge in [0.1, 0.15) is 23.2 Å². The number of benzene rings is 1. The largest absolute Gasteiger partial charge is 0.490 e. The Morgan fingerprint density at radius 3 is 2.41 bits per heavy atom. The van der Waals surface area contributed by atoms with Gasteiger partial charge in [-0.1, -0.05) is 0 Å². The number of anilines is 1. The van der Waals surface area contributed by atoms with Crippen LogP contribution in [0.15, 0.2) is 36.5 Å². The van der Waals surface area contributed by atoms with E-state index in [0.717, 1.165) is 23.9 Å². The van der Waals surface area contributed by atoms with Crippen LogP contribution in [0.3, 0.4) is 0 Å². The molecule has 1 aromatic heterocycles. The molecule has 14 heteroatoms. The fourth-order valence-electron chi connectivity index (χ4n) is 4.51. The molecule has 0 N–H and O–H groups in total. The molecule has 0 atom stereocenters. The van der Waals surface area contributed by atoms with Crippen LogP contribution in [0.25, 0.3) is 0 Å². The van der Waals surface area contributed by atoms with Gasteiger partial charge in [-0.15, -0.1) is 0 Å². The van der Waals surface area contributed by atoms with E-state index in [1.807, 2.05) is 6.07 Å². The summed E-state index contributed by atoms with van der Waals surface area (Å²) in [7, 11) is 0.